The summed E-state index contributed by atoms with van der Waals surface area (Å²) in [6.45, 7) is 9.18. The van der Waals surface area contributed by atoms with E-state index in [2.05, 4.69) is 12.2 Å². The van der Waals surface area contributed by atoms with Gasteiger partial charge in [0.1, 0.15) is 0 Å². The molecule has 86 valence electrons. The zero-order valence-corrected chi connectivity index (χ0v) is 10.5. The van der Waals surface area contributed by atoms with E-state index in [0.717, 1.165) is 13.0 Å². The van der Waals surface area contributed by atoms with Crippen molar-refractivity contribution in [2.45, 2.75) is 39.4 Å². The first-order chi connectivity index (χ1) is 6.40. The number of hydrogen-bond acceptors (Lipinski definition) is 3. The Morgan fingerprint density at radius 1 is 1.21 bits per heavy atom. The predicted octanol–water partition coefficient (Wildman–Crippen LogP) is 1.45. The van der Waals surface area contributed by atoms with Gasteiger partial charge in [-0.15, -0.1) is 0 Å². The van der Waals surface area contributed by atoms with Crippen molar-refractivity contribution in [1.29, 1.82) is 0 Å². The van der Waals surface area contributed by atoms with Gasteiger partial charge in [0.15, 0.2) is 9.84 Å². The van der Waals surface area contributed by atoms with E-state index in [9.17, 15) is 8.42 Å². The molecule has 0 saturated heterocycles. The highest BCUT2D eigenvalue weighted by Gasteiger charge is 2.21. The van der Waals surface area contributed by atoms with Crippen LogP contribution >= 0.6 is 0 Å². The molecular weight excluding hydrogens is 198 g/mol. The minimum atomic E-state index is -2.90. The van der Waals surface area contributed by atoms with E-state index in [4.69, 9.17) is 0 Å². The van der Waals surface area contributed by atoms with Crippen molar-refractivity contribution in [3.05, 3.63) is 0 Å². The summed E-state index contributed by atoms with van der Waals surface area (Å²) in [7, 11) is -2.90. The van der Waals surface area contributed by atoms with E-state index in [0.29, 0.717) is 12.3 Å². The number of nitrogens with one attached hydrogen (secondary N) is 1. The van der Waals surface area contributed by atoms with Crippen molar-refractivity contribution in [3.63, 3.8) is 0 Å². The zero-order chi connectivity index (χ0) is 11.2. The Kier molecular flexibility index (Phi) is 6.36. The van der Waals surface area contributed by atoms with Crippen LogP contribution in [0.4, 0.5) is 0 Å². The minimum Gasteiger partial charge on any atom is -0.315 e. The zero-order valence-electron chi connectivity index (χ0n) is 9.71. The summed E-state index contributed by atoms with van der Waals surface area (Å²) in [6, 6.07) is 0. The molecule has 4 heteroatoms. The van der Waals surface area contributed by atoms with Gasteiger partial charge in [-0.05, 0) is 25.8 Å². The molecule has 14 heavy (non-hydrogen) atoms. The summed E-state index contributed by atoms with van der Waals surface area (Å²) in [5.74, 6) is 0.510. The summed E-state index contributed by atoms with van der Waals surface area (Å²) in [6.07, 6.45) is 1.04. The first-order valence-corrected chi connectivity index (χ1v) is 7.04. The van der Waals surface area contributed by atoms with Crippen molar-refractivity contribution in [2.75, 3.05) is 18.8 Å². The number of hydrogen-bond donors (Lipinski definition) is 1. The molecule has 0 aromatic heterocycles. The van der Waals surface area contributed by atoms with Crippen molar-refractivity contribution >= 4 is 9.84 Å². The van der Waals surface area contributed by atoms with Crippen molar-refractivity contribution in [2.24, 2.45) is 5.92 Å². The fourth-order valence-corrected chi connectivity index (χ4v) is 2.87. The maximum atomic E-state index is 11.7. The molecule has 0 aliphatic rings. The van der Waals surface area contributed by atoms with Gasteiger partial charge in [0.2, 0.25) is 0 Å². The van der Waals surface area contributed by atoms with Gasteiger partial charge in [-0.2, -0.15) is 0 Å². The Bertz CT molecular complexity index is 235. The highest BCUT2D eigenvalue weighted by atomic mass is 32.2. The van der Waals surface area contributed by atoms with Crippen molar-refractivity contribution in [3.8, 4) is 0 Å². The molecule has 0 amide bonds. The lowest BCUT2D eigenvalue weighted by Gasteiger charge is -2.14. The molecule has 0 spiro atoms. The Morgan fingerprint density at radius 2 is 1.79 bits per heavy atom. The lowest BCUT2D eigenvalue weighted by atomic mass is 10.3. The minimum absolute atomic E-state index is 0.216. The monoisotopic (exact) mass is 221 g/mol. The average Bonchev–Trinajstić information content (AvgIpc) is 2.02. The first-order valence-electron chi connectivity index (χ1n) is 5.32. The molecule has 0 aromatic carbocycles. The van der Waals surface area contributed by atoms with Crippen molar-refractivity contribution < 1.29 is 8.42 Å². The second-order valence-electron chi connectivity index (χ2n) is 4.24. The maximum absolute atomic E-state index is 11.7. The van der Waals surface area contributed by atoms with Gasteiger partial charge in [0.05, 0.1) is 11.0 Å². The molecule has 0 saturated carbocycles. The van der Waals surface area contributed by atoms with Crippen LogP contribution in [0.2, 0.25) is 0 Å². The summed E-state index contributed by atoms with van der Waals surface area (Å²) in [5.41, 5.74) is 0. The molecule has 1 N–H and O–H groups in total. The molecule has 0 fully saturated rings. The molecule has 1 unspecified atom stereocenters. The third kappa shape index (κ3) is 5.60. The molecule has 0 rings (SSSR count). The molecule has 0 aliphatic heterocycles. The highest BCUT2D eigenvalue weighted by Crippen LogP contribution is 2.06. The largest absolute Gasteiger partial charge is 0.315 e. The molecule has 0 aromatic rings. The van der Waals surface area contributed by atoms with Crippen LogP contribution in [0.15, 0.2) is 0 Å². The third-order valence-corrected chi connectivity index (χ3v) is 4.56. The fourth-order valence-electron chi connectivity index (χ4n) is 1.24. The number of sulfone groups is 1. The topological polar surface area (TPSA) is 46.2 Å². The van der Waals surface area contributed by atoms with Crippen LogP contribution in [-0.4, -0.2) is 32.5 Å². The summed E-state index contributed by atoms with van der Waals surface area (Å²) in [4.78, 5) is 0. The normalized spacial score (nSPS) is 14.6. The van der Waals surface area contributed by atoms with E-state index in [1.807, 2.05) is 13.8 Å². The molecule has 1 atom stereocenters. The maximum Gasteiger partial charge on any atom is 0.154 e. The first kappa shape index (κ1) is 13.9. The van der Waals surface area contributed by atoms with Gasteiger partial charge >= 0.3 is 0 Å². The van der Waals surface area contributed by atoms with Crippen LogP contribution in [0.25, 0.3) is 0 Å². The van der Waals surface area contributed by atoms with E-state index < -0.39 is 9.84 Å². The highest BCUT2D eigenvalue weighted by molar-refractivity contribution is 7.92. The Morgan fingerprint density at radius 3 is 2.21 bits per heavy atom. The molecule has 0 bridgehead atoms. The standard InChI is InChI=1S/C10H23NO2S/c1-5-6-11-7-10(4)14(12,13)8-9(2)3/h9-11H,5-8H2,1-4H3. The Balaban J connectivity index is 4.02. The van der Waals surface area contributed by atoms with Crippen LogP contribution in [0.5, 0.6) is 0 Å². The SMILES string of the molecule is CCCNCC(C)S(=O)(=O)CC(C)C. The smallest absolute Gasteiger partial charge is 0.154 e. The summed E-state index contributed by atoms with van der Waals surface area (Å²) < 4.78 is 23.4. The van der Waals surface area contributed by atoms with E-state index in [1.165, 1.54) is 0 Å². The predicted molar refractivity (Wildman–Crippen MR) is 61.2 cm³/mol. The lowest BCUT2D eigenvalue weighted by Crippen LogP contribution is -2.34. The van der Waals surface area contributed by atoms with Gasteiger partial charge in [-0.1, -0.05) is 20.8 Å². The van der Waals surface area contributed by atoms with Gasteiger partial charge in [-0.3, -0.25) is 0 Å². The lowest BCUT2D eigenvalue weighted by molar-refractivity contribution is 0.559. The van der Waals surface area contributed by atoms with Crippen LogP contribution < -0.4 is 5.32 Å². The van der Waals surface area contributed by atoms with E-state index >= 15 is 0 Å². The molecule has 0 heterocycles. The van der Waals surface area contributed by atoms with Crippen molar-refractivity contribution in [1.82, 2.24) is 5.32 Å². The Labute approximate surface area is 88.2 Å². The second-order valence-corrected chi connectivity index (χ2v) is 6.70. The summed E-state index contributed by atoms with van der Waals surface area (Å²) >= 11 is 0. The van der Waals surface area contributed by atoms with Gasteiger partial charge in [0.25, 0.3) is 0 Å². The molecule has 0 aliphatic carbocycles. The average molecular weight is 221 g/mol. The second kappa shape index (κ2) is 6.40. The Hall–Kier alpha value is -0.0900. The van der Waals surface area contributed by atoms with Crippen LogP contribution in [0.3, 0.4) is 0 Å². The molecule has 0 radical (unpaired) electrons. The van der Waals surface area contributed by atoms with Crippen LogP contribution in [0.1, 0.15) is 34.1 Å². The quantitative estimate of drug-likeness (QED) is 0.662. The van der Waals surface area contributed by atoms with E-state index in [1.54, 1.807) is 6.92 Å². The third-order valence-electron chi connectivity index (χ3n) is 2.04. The van der Waals surface area contributed by atoms with Gasteiger partial charge < -0.3 is 5.32 Å². The van der Waals surface area contributed by atoms with Gasteiger partial charge in [0, 0.05) is 6.54 Å². The number of rotatable bonds is 7. The van der Waals surface area contributed by atoms with Crippen LogP contribution in [-0.2, 0) is 9.84 Å². The summed E-state index contributed by atoms with van der Waals surface area (Å²) in [5, 5.41) is 2.87. The molecule has 3 nitrogen and oxygen atoms in total. The van der Waals surface area contributed by atoms with Crippen LogP contribution in [0, 0.1) is 5.92 Å². The fraction of sp³-hybridized carbons (Fsp3) is 1.00. The van der Waals surface area contributed by atoms with E-state index in [-0.39, 0.29) is 11.2 Å². The van der Waals surface area contributed by atoms with Gasteiger partial charge in [-0.25, -0.2) is 8.42 Å². The molecular formula is C10H23NO2S.